The Balaban J connectivity index is 1.20. The second kappa shape index (κ2) is 26.7. The predicted octanol–water partition coefficient (Wildman–Crippen LogP) is 5.33. The zero-order chi connectivity index (χ0) is 56.4. The van der Waals surface area contributed by atoms with Gasteiger partial charge in [-0.25, -0.2) is 5.43 Å². The van der Waals surface area contributed by atoms with Gasteiger partial charge in [-0.15, -0.1) is 0 Å². The number of nitrogens with zero attached hydrogens (tertiary/aromatic N) is 1. The number of aromatic nitrogens is 1. The lowest BCUT2D eigenvalue weighted by molar-refractivity contribution is -0.163. The van der Waals surface area contributed by atoms with Crippen LogP contribution in [0.3, 0.4) is 0 Å². The van der Waals surface area contributed by atoms with Gasteiger partial charge in [-0.2, -0.15) is 0 Å². The van der Waals surface area contributed by atoms with Crippen LogP contribution in [-0.2, 0) is 38.2 Å². The zero-order valence-electron chi connectivity index (χ0n) is 46.2. The molecule has 1 aromatic rings. The Hall–Kier alpha value is -5.79. The first-order chi connectivity index (χ1) is 36.5. The number of fused-ring (bicyclic) bond motifs is 2. The molecule has 77 heavy (non-hydrogen) atoms. The fraction of sp³-hybridized carbons (Fsp3) is 0.610. The van der Waals surface area contributed by atoms with E-state index < -0.39 is 94.8 Å². The second-order valence-electron chi connectivity index (χ2n) is 22.5. The van der Waals surface area contributed by atoms with E-state index in [-0.39, 0.29) is 73.3 Å². The number of hydrogen-bond acceptors (Lipinski definition) is 13. The van der Waals surface area contributed by atoms with Crippen molar-refractivity contribution in [3.05, 3.63) is 106 Å². The quantitative estimate of drug-likeness (QED) is 0.0667. The summed E-state index contributed by atoms with van der Waals surface area (Å²) in [5.74, 6) is -5.39. The summed E-state index contributed by atoms with van der Waals surface area (Å²) in [6.07, 6.45) is 14.3. The Morgan fingerprint density at radius 1 is 1.01 bits per heavy atom. The molecule has 1 saturated carbocycles. The van der Waals surface area contributed by atoms with Gasteiger partial charge >= 0.3 is 5.97 Å². The molecule has 0 aromatic carbocycles. The van der Waals surface area contributed by atoms with E-state index in [9.17, 15) is 48.9 Å². The molecule has 5 heterocycles. The number of H-pyrrole nitrogens is 1. The smallest absolute Gasteiger partial charge is 0.325 e. The van der Waals surface area contributed by atoms with Gasteiger partial charge in [0.2, 0.25) is 23.3 Å². The third-order valence-electron chi connectivity index (χ3n) is 16.3. The summed E-state index contributed by atoms with van der Waals surface area (Å²) >= 11 is 0. The normalized spacial score (nSPS) is 33.8. The number of allylic oxidation sites excluding steroid dienone is 5. The average Bonchev–Trinajstić information content (AvgIpc) is 4.25. The Kier molecular flexibility index (Phi) is 21.0. The number of hydrazine groups is 1. The Bertz CT molecular complexity index is 2550. The van der Waals surface area contributed by atoms with Gasteiger partial charge in [0.1, 0.15) is 29.5 Å². The van der Waals surface area contributed by atoms with Crippen molar-refractivity contribution >= 4 is 35.4 Å². The lowest BCUT2D eigenvalue weighted by Gasteiger charge is -2.47. The number of aliphatic hydroxyl groups excluding tert-OH is 3. The largest absolute Gasteiger partial charge is 0.456 e. The van der Waals surface area contributed by atoms with Crippen LogP contribution in [0.25, 0.3) is 0 Å². The third kappa shape index (κ3) is 15.1. The zero-order valence-corrected chi connectivity index (χ0v) is 46.2. The van der Waals surface area contributed by atoms with Crippen LogP contribution in [0.5, 0.6) is 0 Å². The molecule has 1 aliphatic carbocycles. The van der Waals surface area contributed by atoms with Crippen molar-refractivity contribution < 1.29 is 53.6 Å². The number of rotatable bonds is 14. The van der Waals surface area contributed by atoms with Crippen molar-refractivity contribution in [3.63, 3.8) is 0 Å². The summed E-state index contributed by atoms with van der Waals surface area (Å²) in [5, 5.41) is 44.2. The number of carbonyl (C=O) groups excluding carboxylic acids is 6. The maximum Gasteiger partial charge on any atom is 0.325 e. The van der Waals surface area contributed by atoms with Crippen molar-refractivity contribution in [3.8, 4) is 0 Å². The van der Waals surface area contributed by atoms with Crippen LogP contribution in [-0.4, -0.2) is 121 Å². The first kappa shape index (κ1) is 60.4. The Morgan fingerprint density at radius 2 is 1.77 bits per heavy atom. The topological polar surface area (TPSA) is 266 Å². The molecule has 4 aliphatic heterocycles. The SMILES string of the molecule is C=C1[C@@H](O)[C@@H](CCC(C)=O)C(=O)N[C@@H](C(C)C)C(=O)NC2(CC2c2cccc(=O)[nH]2)C(=O)N2CCCC(N2)C(=O)O[C@H](/C(C)=C/C=C/CC[C@H](C)[C@@H](O)C[C@@H]2O[C@]3(CC[C@H](CC)C(=O)N3)C(C)=C[C@H]2C)C/C=C/C=C/[C@@H]1O. The van der Waals surface area contributed by atoms with E-state index >= 15 is 0 Å². The number of pyridine rings is 1. The average molecular weight is 1070 g/mol. The number of esters is 1. The molecule has 3 unspecified atom stereocenters. The van der Waals surface area contributed by atoms with Crippen LogP contribution in [0.4, 0.5) is 0 Å². The highest BCUT2D eigenvalue weighted by Crippen LogP contribution is 2.52. The molecule has 2 spiro atoms. The van der Waals surface area contributed by atoms with Crippen molar-refractivity contribution in [2.75, 3.05) is 6.54 Å². The molecule has 14 atom stereocenters. The van der Waals surface area contributed by atoms with E-state index in [0.717, 1.165) is 18.4 Å². The second-order valence-corrected chi connectivity index (χ2v) is 22.5. The van der Waals surface area contributed by atoms with Gasteiger partial charge in [0.15, 0.2) is 5.72 Å². The van der Waals surface area contributed by atoms with Crippen molar-refractivity contribution in [2.45, 2.75) is 192 Å². The minimum Gasteiger partial charge on any atom is -0.456 e. The number of ketones is 1. The molecule has 0 radical (unpaired) electrons. The monoisotopic (exact) mass is 1070 g/mol. The van der Waals surface area contributed by atoms with E-state index in [0.29, 0.717) is 49.8 Å². The minimum absolute atomic E-state index is 0.00731. The summed E-state index contributed by atoms with van der Waals surface area (Å²) in [4.78, 5) is 97.8. The summed E-state index contributed by atoms with van der Waals surface area (Å²) in [6.45, 7) is 18.8. The first-order valence-corrected chi connectivity index (χ1v) is 27.7. The highest BCUT2D eigenvalue weighted by Gasteiger charge is 2.64. The molecule has 2 saturated heterocycles. The number of nitrogens with one attached hydrogen (secondary N) is 5. The number of carbonyl (C=O) groups is 6. The van der Waals surface area contributed by atoms with Gasteiger partial charge in [-0.05, 0) is 107 Å². The number of amides is 4. The maximum atomic E-state index is 14.8. The molecule has 18 nitrogen and oxygen atoms in total. The van der Waals surface area contributed by atoms with E-state index in [2.05, 4.69) is 45.9 Å². The fourth-order valence-electron chi connectivity index (χ4n) is 11.0. The molecule has 4 amide bonds. The van der Waals surface area contributed by atoms with E-state index in [1.54, 1.807) is 38.1 Å². The summed E-state index contributed by atoms with van der Waals surface area (Å²) in [6, 6.07) is 2.35. The van der Waals surface area contributed by atoms with E-state index in [1.165, 1.54) is 30.2 Å². The molecule has 5 aliphatic rings. The number of aromatic amines is 1. The maximum absolute atomic E-state index is 14.8. The Labute approximate surface area is 453 Å². The van der Waals surface area contributed by atoms with E-state index in [4.69, 9.17) is 9.47 Å². The van der Waals surface area contributed by atoms with Gasteiger partial charge in [0, 0.05) is 61.7 Å². The number of aliphatic hydroxyl groups is 3. The third-order valence-corrected chi connectivity index (χ3v) is 16.3. The van der Waals surface area contributed by atoms with Crippen molar-refractivity contribution in [1.29, 1.82) is 0 Å². The van der Waals surface area contributed by atoms with Crippen LogP contribution >= 0.6 is 0 Å². The van der Waals surface area contributed by atoms with Crippen molar-refractivity contribution in [2.24, 2.45) is 29.6 Å². The highest BCUT2D eigenvalue weighted by molar-refractivity contribution is 5.98. The summed E-state index contributed by atoms with van der Waals surface area (Å²) < 4.78 is 12.8. The van der Waals surface area contributed by atoms with Gasteiger partial charge in [0.05, 0.1) is 30.3 Å². The lowest BCUT2D eigenvalue weighted by atomic mass is 9.81. The summed E-state index contributed by atoms with van der Waals surface area (Å²) in [5.41, 5.74) is 2.23. The molecule has 2 bridgehead atoms. The standard InChI is InChI=1S/C59H84N6O12/c1-10-41-28-29-59(63-53(41)71)38(7)31-37(6)49(77-59)32-47(68)35(4)19-13-11-14-20-36(5)48-24-16-12-15-23-46(67)40(9)52(70)42(27-26-39(8)66)54(72)61-51(34(2)3)55(73)62-58(33-43(58)44-21-17-25-50(69)60-44)57(75)65-30-18-22-45(64-65)56(74)76-48/h11-12,14-17,20-21,23,25,31,34-35,37,41-43,45-49,51-52,64,67-68,70H,9-10,13,18-19,22,24,26-30,32-33H2,1-8H3,(H,60,69)(H,61,72)(H,62,73)(H,63,71)/b14-11+,16-12+,23-15+,36-20+/t35-,37+,41-,42+,43?,45?,46-,47-,48-,49-,51-,52+,58?,59+/m0/s1. The number of piperidine rings is 1. The number of Topliss-reactive ketones (excluding diaryl/α,β-unsaturated/α-hetero) is 1. The molecule has 18 heteroatoms. The number of cyclic esters (lactones) is 1. The Morgan fingerprint density at radius 3 is 2.45 bits per heavy atom. The minimum atomic E-state index is -1.63. The first-order valence-electron chi connectivity index (χ1n) is 27.7. The molecule has 3 fully saturated rings. The van der Waals surface area contributed by atoms with Gasteiger partial charge < -0.3 is 50.5 Å². The molecule has 422 valence electrons. The van der Waals surface area contributed by atoms with Gasteiger partial charge in [-0.3, -0.25) is 33.8 Å². The van der Waals surface area contributed by atoms with Gasteiger partial charge in [0.25, 0.3) is 5.91 Å². The van der Waals surface area contributed by atoms with Crippen LogP contribution in [0.15, 0.2) is 94.9 Å². The van der Waals surface area contributed by atoms with Gasteiger partial charge in [-0.1, -0.05) is 95.9 Å². The lowest BCUT2D eigenvalue weighted by Crippen LogP contribution is -2.63. The fourth-order valence-corrected chi connectivity index (χ4v) is 11.0. The highest BCUT2D eigenvalue weighted by atomic mass is 16.5. The van der Waals surface area contributed by atoms with Crippen LogP contribution < -0.4 is 26.9 Å². The molecular formula is C59H84N6O12. The van der Waals surface area contributed by atoms with Crippen LogP contribution in [0, 0.1) is 29.6 Å². The van der Waals surface area contributed by atoms with E-state index in [1.807, 2.05) is 45.9 Å². The van der Waals surface area contributed by atoms with Crippen molar-refractivity contribution in [1.82, 2.24) is 31.4 Å². The number of hydrogen-bond donors (Lipinski definition) is 8. The molecule has 1 aromatic heterocycles. The predicted molar refractivity (Wildman–Crippen MR) is 291 cm³/mol. The number of ether oxygens (including phenoxy) is 2. The molecule has 8 N–H and O–H groups in total. The van der Waals surface area contributed by atoms with Crippen LogP contribution in [0.1, 0.15) is 144 Å². The molecular weight excluding hydrogens is 985 g/mol. The van der Waals surface area contributed by atoms with Crippen LogP contribution in [0.2, 0.25) is 0 Å². The summed E-state index contributed by atoms with van der Waals surface area (Å²) in [7, 11) is 0. The molecule has 6 rings (SSSR count).